The molecule has 0 aliphatic rings. The Morgan fingerprint density at radius 1 is 1.38 bits per heavy atom. The Morgan fingerprint density at radius 3 is 2.75 bits per heavy atom. The van der Waals surface area contributed by atoms with Gasteiger partial charge in [-0.25, -0.2) is 4.39 Å². The average Bonchev–Trinajstić information content (AvgIpc) is 2.22. The zero-order chi connectivity index (χ0) is 12.0. The maximum atomic E-state index is 12.9. The molecule has 0 saturated heterocycles. The molecule has 4 heteroatoms. The minimum atomic E-state index is -0.183. The summed E-state index contributed by atoms with van der Waals surface area (Å²) in [6.07, 6.45) is 0.845. The van der Waals surface area contributed by atoms with E-state index in [9.17, 15) is 4.39 Å². The summed E-state index contributed by atoms with van der Waals surface area (Å²) in [5, 5.41) is 6.79. The van der Waals surface area contributed by atoms with E-state index >= 15 is 0 Å². The molecule has 0 aliphatic carbocycles. The van der Waals surface area contributed by atoms with Crippen molar-refractivity contribution in [1.82, 2.24) is 10.6 Å². The van der Waals surface area contributed by atoms with E-state index in [1.54, 1.807) is 6.07 Å². The summed E-state index contributed by atoms with van der Waals surface area (Å²) in [6, 6.07) is 4.87. The smallest absolute Gasteiger partial charge is 0.166 e. The van der Waals surface area contributed by atoms with Crippen molar-refractivity contribution in [2.24, 2.45) is 0 Å². The highest BCUT2D eigenvalue weighted by Gasteiger charge is 2.00. The predicted octanol–water partition coefficient (Wildman–Crippen LogP) is 2.16. The number of thiocarbonyl (C=S) groups is 1. The quantitative estimate of drug-likeness (QED) is 0.789. The van der Waals surface area contributed by atoms with Gasteiger partial charge in [0, 0.05) is 13.1 Å². The van der Waals surface area contributed by atoms with Crippen LogP contribution in [0.3, 0.4) is 0 Å². The number of benzene rings is 1. The van der Waals surface area contributed by atoms with Gasteiger partial charge in [-0.1, -0.05) is 6.07 Å². The third kappa shape index (κ3) is 4.14. The predicted molar refractivity (Wildman–Crippen MR) is 69.1 cm³/mol. The van der Waals surface area contributed by atoms with Crippen LogP contribution in [0.15, 0.2) is 18.2 Å². The first-order valence-corrected chi connectivity index (χ1v) is 5.81. The van der Waals surface area contributed by atoms with Gasteiger partial charge in [-0.05, 0) is 55.7 Å². The van der Waals surface area contributed by atoms with Gasteiger partial charge in [0.1, 0.15) is 5.82 Å². The maximum Gasteiger partial charge on any atom is 0.166 e. The number of rotatable bonds is 4. The molecule has 0 aliphatic heterocycles. The molecular formula is C12H17FN2S. The summed E-state index contributed by atoms with van der Waals surface area (Å²) in [5.41, 5.74) is 2.13. The van der Waals surface area contributed by atoms with E-state index in [0.29, 0.717) is 5.11 Å². The molecule has 16 heavy (non-hydrogen) atoms. The van der Waals surface area contributed by atoms with Crippen LogP contribution in [-0.4, -0.2) is 18.2 Å². The second-order valence-corrected chi connectivity index (χ2v) is 4.02. The Morgan fingerprint density at radius 2 is 2.12 bits per heavy atom. The molecule has 2 N–H and O–H groups in total. The van der Waals surface area contributed by atoms with Gasteiger partial charge in [0.15, 0.2) is 5.11 Å². The first kappa shape index (κ1) is 12.9. The molecule has 0 fully saturated rings. The summed E-state index contributed by atoms with van der Waals surface area (Å²) in [5.74, 6) is -0.183. The Kier molecular flexibility index (Phi) is 5.19. The van der Waals surface area contributed by atoms with E-state index in [1.807, 2.05) is 19.9 Å². The fraction of sp³-hybridized carbons (Fsp3) is 0.417. The second kappa shape index (κ2) is 6.43. The summed E-state index contributed by atoms with van der Waals surface area (Å²) in [6.45, 7) is 5.50. The summed E-state index contributed by atoms with van der Waals surface area (Å²) < 4.78 is 12.9. The zero-order valence-corrected chi connectivity index (χ0v) is 10.5. The van der Waals surface area contributed by atoms with Crippen LogP contribution in [0.1, 0.15) is 18.1 Å². The van der Waals surface area contributed by atoms with Crippen molar-refractivity contribution in [3.8, 4) is 0 Å². The second-order valence-electron chi connectivity index (χ2n) is 3.61. The fourth-order valence-corrected chi connectivity index (χ4v) is 1.72. The molecule has 1 aromatic carbocycles. The van der Waals surface area contributed by atoms with Gasteiger partial charge in [-0.3, -0.25) is 0 Å². The molecule has 2 nitrogen and oxygen atoms in total. The molecule has 0 atom stereocenters. The maximum absolute atomic E-state index is 12.9. The van der Waals surface area contributed by atoms with Crippen molar-refractivity contribution in [1.29, 1.82) is 0 Å². The van der Waals surface area contributed by atoms with Crippen molar-refractivity contribution >= 4 is 17.3 Å². The van der Waals surface area contributed by atoms with Gasteiger partial charge in [0.25, 0.3) is 0 Å². The van der Waals surface area contributed by atoms with Gasteiger partial charge >= 0.3 is 0 Å². The molecule has 88 valence electrons. The van der Waals surface area contributed by atoms with Crippen molar-refractivity contribution in [2.45, 2.75) is 20.3 Å². The molecule has 0 saturated carbocycles. The zero-order valence-electron chi connectivity index (χ0n) is 9.64. The lowest BCUT2D eigenvalue weighted by molar-refractivity contribution is 0.625. The van der Waals surface area contributed by atoms with Crippen LogP contribution in [-0.2, 0) is 6.42 Å². The van der Waals surface area contributed by atoms with Crippen LogP contribution in [0.2, 0.25) is 0 Å². The van der Waals surface area contributed by atoms with E-state index in [-0.39, 0.29) is 5.82 Å². The molecule has 0 radical (unpaired) electrons. The van der Waals surface area contributed by atoms with Gasteiger partial charge < -0.3 is 10.6 Å². The van der Waals surface area contributed by atoms with Crippen molar-refractivity contribution < 1.29 is 4.39 Å². The average molecular weight is 240 g/mol. The Hall–Kier alpha value is -1.16. The van der Waals surface area contributed by atoms with E-state index in [2.05, 4.69) is 10.6 Å². The van der Waals surface area contributed by atoms with Crippen molar-refractivity contribution in [2.75, 3.05) is 13.1 Å². The number of halogens is 1. The largest absolute Gasteiger partial charge is 0.363 e. The van der Waals surface area contributed by atoms with Gasteiger partial charge in [-0.15, -0.1) is 0 Å². The van der Waals surface area contributed by atoms with Crippen LogP contribution in [0.5, 0.6) is 0 Å². The van der Waals surface area contributed by atoms with Crippen LogP contribution in [0.4, 0.5) is 4.39 Å². The normalized spacial score (nSPS) is 9.94. The number of aryl methyl sites for hydroxylation is 1. The van der Waals surface area contributed by atoms with E-state index in [1.165, 1.54) is 6.07 Å². The Labute approximate surface area is 101 Å². The Bertz CT molecular complexity index is 366. The first-order chi connectivity index (χ1) is 7.63. The van der Waals surface area contributed by atoms with Gasteiger partial charge in [-0.2, -0.15) is 0 Å². The number of hydrogen-bond acceptors (Lipinski definition) is 1. The summed E-state index contributed by atoms with van der Waals surface area (Å²) >= 11 is 5.04. The van der Waals surface area contributed by atoms with Crippen LogP contribution < -0.4 is 10.6 Å². The van der Waals surface area contributed by atoms with E-state index in [4.69, 9.17) is 12.2 Å². The molecule has 0 bridgehead atoms. The third-order valence-electron chi connectivity index (χ3n) is 2.32. The lowest BCUT2D eigenvalue weighted by Crippen LogP contribution is -2.36. The monoisotopic (exact) mass is 240 g/mol. The topological polar surface area (TPSA) is 24.1 Å². The van der Waals surface area contributed by atoms with Gasteiger partial charge in [0.05, 0.1) is 0 Å². The highest BCUT2D eigenvalue weighted by Crippen LogP contribution is 2.10. The number of hydrogen-bond donors (Lipinski definition) is 2. The lowest BCUT2D eigenvalue weighted by atomic mass is 10.1. The minimum Gasteiger partial charge on any atom is -0.363 e. The van der Waals surface area contributed by atoms with E-state index in [0.717, 1.165) is 30.6 Å². The van der Waals surface area contributed by atoms with Crippen LogP contribution in [0.25, 0.3) is 0 Å². The highest BCUT2D eigenvalue weighted by atomic mass is 32.1. The SMILES string of the molecule is CCNC(=S)NCCc1ccc(F)cc1C. The lowest BCUT2D eigenvalue weighted by Gasteiger charge is -2.10. The molecule has 0 spiro atoms. The summed E-state index contributed by atoms with van der Waals surface area (Å²) in [7, 11) is 0. The molecule has 0 aromatic heterocycles. The third-order valence-corrected chi connectivity index (χ3v) is 2.61. The summed E-state index contributed by atoms with van der Waals surface area (Å²) in [4.78, 5) is 0. The fourth-order valence-electron chi connectivity index (χ4n) is 1.47. The minimum absolute atomic E-state index is 0.183. The molecule has 0 amide bonds. The standard InChI is InChI=1S/C12H17FN2S/c1-3-14-12(16)15-7-6-10-4-5-11(13)8-9(10)2/h4-5,8H,3,6-7H2,1-2H3,(H2,14,15,16). The van der Waals surface area contributed by atoms with Crippen molar-refractivity contribution in [3.63, 3.8) is 0 Å². The molecule has 0 unspecified atom stereocenters. The molecule has 0 heterocycles. The number of nitrogens with one attached hydrogen (secondary N) is 2. The molecular weight excluding hydrogens is 223 g/mol. The van der Waals surface area contributed by atoms with Crippen molar-refractivity contribution in [3.05, 3.63) is 35.1 Å². The highest BCUT2D eigenvalue weighted by molar-refractivity contribution is 7.80. The molecule has 1 aromatic rings. The van der Waals surface area contributed by atoms with E-state index < -0.39 is 0 Å². The van der Waals surface area contributed by atoms with Crippen LogP contribution in [0, 0.1) is 12.7 Å². The van der Waals surface area contributed by atoms with Gasteiger partial charge in [0.2, 0.25) is 0 Å². The molecule has 1 rings (SSSR count). The first-order valence-electron chi connectivity index (χ1n) is 5.40. The van der Waals surface area contributed by atoms with Crippen LogP contribution >= 0.6 is 12.2 Å². The Balaban J connectivity index is 2.40.